The zero-order chi connectivity index (χ0) is 19.8. The predicted octanol–water partition coefficient (Wildman–Crippen LogP) is 4.75. The Morgan fingerprint density at radius 2 is 1.74 bits per heavy atom. The van der Waals surface area contributed by atoms with Crippen LogP contribution in [0.25, 0.3) is 0 Å². The lowest BCUT2D eigenvalue weighted by Gasteiger charge is -2.26. The first-order valence-corrected chi connectivity index (χ1v) is 10.5. The fraction of sp³-hybridized carbons (Fsp3) is 0.545. The molecule has 1 saturated heterocycles. The number of carbonyl (C=O) groups is 1. The van der Waals surface area contributed by atoms with Crippen molar-refractivity contribution in [3.05, 3.63) is 46.5 Å². The maximum absolute atomic E-state index is 13.0. The summed E-state index contributed by atoms with van der Waals surface area (Å²) >= 11 is 1.65. The van der Waals surface area contributed by atoms with Gasteiger partial charge in [0.1, 0.15) is 0 Å². The standard InChI is InChI=1S/C22H31N3OS/c1-21(2,3)16-11-15(12-17(13-16)22(4,5)6)19(26)24-18-7-9-25(14-18)20-23-8-10-27-20/h8,10-13,18H,7,9,14H2,1-6H3,(H,24,26). The van der Waals surface area contributed by atoms with E-state index in [2.05, 4.69) is 74.9 Å². The normalized spacial score (nSPS) is 18.0. The molecule has 1 atom stereocenters. The second-order valence-electron chi connectivity index (χ2n) is 9.52. The summed E-state index contributed by atoms with van der Waals surface area (Å²) in [5, 5.41) is 6.27. The Labute approximate surface area is 167 Å². The highest BCUT2D eigenvalue weighted by Gasteiger charge is 2.27. The van der Waals surface area contributed by atoms with E-state index in [4.69, 9.17) is 0 Å². The molecule has 1 unspecified atom stereocenters. The van der Waals surface area contributed by atoms with Crippen LogP contribution in [0.3, 0.4) is 0 Å². The minimum atomic E-state index is 0.00525. The van der Waals surface area contributed by atoms with Crippen molar-refractivity contribution < 1.29 is 4.79 Å². The lowest BCUT2D eigenvalue weighted by atomic mass is 9.79. The highest BCUT2D eigenvalue weighted by Crippen LogP contribution is 2.30. The molecule has 0 saturated carbocycles. The molecule has 1 aromatic carbocycles. The number of benzene rings is 1. The van der Waals surface area contributed by atoms with E-state index >= 15 is 0 Å². The largest absolute Gasteiger partial charge is 0.347 e. The van der Waals surface area contributed by atoms with Crippen LogP contribution in [0.2, 0.25) is 0 Å². The van der Waals surface area contributed by atoms with Crippen LogP contribution in [0.5, 0.6) is 0 Å². The van der Waals surface area contributed by atoms with Gasteiger partial charge in [0.05, 0.1) is 0 Å². The van der Waals surface area contributed by atoms with Crippen LogP contribution in [-0.4, -0.2) is 30.0 Å². The van der Waals surface area contributed by atoms with Crippen LogP contribution in [0.4, 0.5) is 5.13 Å². The highest BCUT2D eigenvalue weighted by atomic mass is 32.1. The van der Waals surface area contributed by atoms with Gasteiger partial charge in [-0.2, -0.15) is 0 Å². The van der Waals surface area contributed by atoms with E-state index in [1.165, 1.54) is 11.1 Å². The summed E-state index contributed by atoms with van der Waals surface area (Å²) in [6, 6.07) is 6.52. The number of nitrogens with zero attached hydrogens (tertiary/aromatic N) is 2. The van der Waals surface area contributed by atoms with Crippen molar-refractivity contribution >= 4 is 22.4 Å². The van der Waals surface area contributed by atoms with E-state index in [9.17, 15) is 4.79 Å². The predicted molar refractivity (Wildman–Crippen MR) is 114 cm³/mol. The Bertz CT molecular complexity index is 768. The van der Waals surface area contributed by atoms with Crippen molar-refractivity contribution in [2.75, 3.05) is 18.0 Å². The molecule has 4 nitrogen and oxygen atoms in total. The molecular weight excluding hydrogens is 354 g/mol. The lowest BCUT2D eigenvalue weighted by molar-refractivity contribution is 0.0940. The SMILES string of the molecule is CC(C)(C)c1cc(C(=O)NC2CCN(c3nccs3)C2)cc(C(C)(C)C)c1. The quantitative estimate of drug-likeness (QED) is 0.829. The molecule has 1 aromatic heterocycles. The molecule has 5 heteroatoms. The topological polar surface area (TPSA) is 45.2 Å². The fourth-order valence-corrected chi connectivity index (χ4v) is 4.00. The van der Waals surface area contributed by atoms with Crippen molar-refractivity contribution in [3.63, 3.8) is 0 Å². The molecule has 0 aliphatic carbocycles. The van der Waals surface area contributed by atoms with Gasteiger partial charge in [0.15, 0.2) is 5.13 Å². The van der Waals surface area contributed by atoms with E-state index in [-0.39, 0.29) is 22.8 Å². The molecule has 1 aliphatic heterocycles. The van der Waals surface area contributed by atoms with Crippen LogP contribution in [0, 0.1) is 0 Å². The first kappa shape index (κ1) is 19.9. The Hall–Kier alpha value is -1.88. The summed E-state index contributed by atoms with van der Waals surface area (Å²) < 4.78 is 0. The molecule has 1 amide bonds. The third-order valence-corrected chi connectivity index (χ3v) is 5.97. The summed E-state index contributed by atoms with van der Waals surface area (Å²) in [5.41, 5.74) is 3.18. The minimum Gasteiger partial charge on any atom is -0.347 e. The van der Waals surface area contributed by atoms with Crippen molar-refractivity contribution in [1.82, 2.24) is 10.3 Å². The van der Waals surface area contributed by atoms with Gasteiger partial charge >= 0.3 is 0 Å². The van der Waals surface area contributed by atoms with E-state index in [1.807, 2.05) is 11.6 Å². The monoisotopic (exact) mass is 385 g/mol. The van der Waals surface area contributed by atoms with Crippen LogP contribution < -0.4 is 10.2 Å². The third kappa shape index (κ3) is 4.70. The summed E-state index contributed by atoms with van der Waals surface area (Å²) in [6.45, 7) is 14.9. The van der Waals surface area contributed by atoms with Crippen LogP contribution in [-0.2, 0) is 10.8 Å². The Balaban J connectivity index is 1.78. The molecular formula is C22H31N3OS. The summed E-state index contributed by atoms with van der Waals surface area (Å²) in [4.78, 5) is 19.6. The first-order chi connectivity index (χ1) is 12.5. The first-order valence-electron chi connectivity index (χ1n) is 9.65. The number of hydrogen-bond donors (Lipinski definition) is 1. The van der Waals surface area contributed by atoms with Gasteiger partial charge < -0.3 is 10.2 Å². The van der Waals surface area contributed by atoms with E-state index in [0.717, 1.165) is 30.2 Å². The molecule has 27 heavy (non-hydrogen) atoms. The summed E-state index contributed by atoms with van der Waals surface area (Å²) in [7, 11) is 0. The average molecular weight is 386 g/mol. The molecule has 0 bridgehead atoms. The molecule has 2 heterocycles. The number of anilines is 1. The number of hydrogen-bond acceptors (Lipinski definition) is 4. The van der Waals surface area contributed by atoms with Crippen LogP contribution >= 0.6 is 11.3 Å². The van der Waals surface area contributed by atoms with Gasteiger partial charge in [-0.1, -0.05) is 47.6 Å². The van der Waals surface area contributed by atoms with Gasteiger partial charge in [0, 0.05) is 36.3 Å². The maximum atomic E-state index is 13.0. The van der Waals surface area contributed by atoms with Gasteiger partial charge in [-0.05, 0) is 40.5 Å². The number of carbonyl (C=O) groups excluding carboxylic acids is 1. The van der Waals surface area contributed by atoms with Crippen LogP contribution in [0.1, 0.15) is 69.4 Å². The number of thiazole rings is 1. The van der Waals surface area contributed by atoms with Gasteiger partial charge in [-0.3, -0.25) is 4.79 Å². The molecule has 1 aliphatic rings. The minimum absolute atomic E-state index is 0.00525. The van der Waals surface area contributed by atoms with E-state index in [0.29, 0.717) is 0 Å². The molecule has 2 aromatic rings. The molecule has 1 N–H and O–H groups in total. The fourth-order valence-electron chi connectivity index (χ4n) is 3.32. The van der Waals surface area contributed by atoms with Crippen molar-refractivity contribution in [3.8, 4) is 0 Å². The van der Waals surface area contributed by atoms with Crippen molar-refractivity contribution in [1.29, 1.82) is 0 Å². The zero-order valence-electron chi connectivity index (χ0n) is 17.3. The summed E-state index contributed by atoms with van der Waals surface area (Å²) in [6.07, 6.45) is 2.79. The number of nitrogens with one attached hydrogen (secondary N) is 1. The van der Waals surface area contributed by atoms with Gasteiger partial charge in [-0.25, -0.2) is 4.98 Å². The van der Waals surface area contributed by atoms with Gasteiger partial charge in [0.25, 0.3) is 5.91 Å². The zero-order valence-corrected chi connectivity index (χ0v) is 18.1. The lowest BCUT2D eigenvalue weighted by Crippen LogP contribution is -2.37. The van der Waals surface area contributed by atoms with Gasteiger partial charge in [-0.15, -0.1) is 11.3 Å². The second-order valence-corrected chi connectivity index (χ2v) is 10.4. The molecule has 1 fully saturated rings. The van der Waals surface area contributed by atoms with Gasteiger partial charge in [0.2, 0.25) is 0 Å². The number of rotatable bonds is 3. The number of aromatic nitrogens is 1. The van der Waals surface area contributed by atoms with E-state index in [1.54, 1.807) is 11.3 Å². The Kier molecular flexibility index (Phi) is 5.35. The smallest absolute Gasteiger partial charge is 0.251 e. The van der Waals surface area contributed by atoms with Crippen molar-refractivity contribution in [2.24, 2.45) is 0 Å². The molecule has 0 radical (unpaired) electrons. The van der Waals surface area contributed by atoms with Crippen molar-refractivity contribution in [2.45, 2.75) is 64.8 Å². The highest BCUT2D eigenvalue weighted by molar-refractivity contribution is 7.13. The Morgan fingerprint density at radius 3 is 2.26 bits per heavy atom. The second kappa shape index (κ2) is 7.27. The van der Waals surface area contributed by atoms with E-state index < -0.39 is 0 Å². The maximum Gasteiger partial charge on any atom is 0.251 e. The molecule has 146 valence electrons. The van der Waals surface area contributed by atoms with Crippen LogP contribution in [0.15, 0.2) is 29.8 Å². The Morgan fingerprint density at radius 1 is 1.11 bits per heavy atom. The average Bonchev–Trinajstić information content (AvgIpc) is 3.23. The summed E-state index contributed by atoms with van der Waals surface area (Å²) in [5.74, 6) is 0.0255. The molecule has 3 rings (SSSR count). The molecule has 0 spiro atoms. The number of amides is 1. The third-order valence-electron chi connectivity index (χ3n) is 5.14.